The molecule has 3 N–H and O–H groups in total. The number of H-pyrrole nitrogens is 1. The van der Waals surface area contributed by atoms with Crippen LogP contribution in [0.3, 0.4) is 0 Å². The second-order valence-corrected chi connectivity index (χ2v) is 4.37. The third kappa shape index (κ3) is 1.32. The zero-order valence-corrected chi connectivity index (χ0v) is 9.16. The molecule has 2 aromatic rings. The van der Waals surface area contributed by atoms with Gasteiger partial charge >= 0.3 is 0 Å². The Hall–Kier alpha value is -1.46. The molecule has 3 rings (SSSR count). The maximum absolute atomic E-state index is 6.25. The number of aromatic amines is 1. The molecular weight excluding hydrogens is 204 g/mol. The Kier molecular flexibility index (Phi) is 1.99. The normalized spacial score (nSPS) is 25.4. The van der Waals surface area contributed by atoms with Crippen LogP contribution in [0.1, 0.15) is 17.8 Å². The molecule has 3 heterocycles. The van der Waals surface area contributed by atoms with Crippen LogP contribution < -0.4 is 5.73 Å². The van der Waals surface area contributed by atoms with E-state index in [1.165, 1.54) is 0 Å². The number of nitrogens with two attached hydrogens (primary N) is 1. The van der Waals surface area contributed by atoms with Crippen molar-refractivity contribution in [2.75, 3.05) is 13.2 Å². The van der Waals surface area contributed by atoms with Crippen LogP contribution in [0.5, 0.6) is 0 Å². The summed E-state index contributed by atoms with van der Waals surface area (Å²) in [5.41, 5.74) is 8.59. The number of rotatable bonds is 1. The minimum atomic E-state index is -0.479. The molecule has 1 aliphatic heterocycles. The minimum Gasteiger partial charge on any atom is -0.379 e. The fraction of sp³-hybridized carbons (Fsp3) is 0.455. The van der Waals surface area contributed by atoms with Crippen molar-refractivity contribution in [1.82, 2.24) is 15.0 Å². The van der Waals surface area contributed by atoms with Crippen LogP contribution >= 0.6 is 0 Å². The highest BCUT2D eigenvalue weighted by Gasteiger charge is 2.35. The molecule has 0 bridgehead atoms. The second kappa shape index (κ2) is 3.26. The average molecular weight is 218 g/mol. The van der Waals surface area contributed by atoms with Gasteiger partial charge in [-0.3, -0.25) is 0 Å². The molecule has 16 heavy (non-hydrogen) atoms. The van der Waals surface area contributed by atoms with Gasteiger partial charge in [0.25, 0.3) is 0 Å². The Labute approximate surface area is 93.0 Å². The highest BCUT2D eigenvalue weighted by Crippen LogP contribution is 2.27. The lowest BCUT2D eigenvalue weighted by Gasteiger charge is -2.17. The van der Waals surface area contributed by atoms with Gasteiger partial charge in [-0.25, -0.2) is 9.97 Å². The smallest absolute Gasteiger partial charge is 0.178 e. The van der Waals surface area contributed by atoms with Gasteiger partial charge in [0.15, 0.2) is 5.65 Å². The Bertz CT molecular complexity index is 528. The number of hydrogen-bond donors (Lipinski definition) is 2. The van der Waals surface area contributed by atoms with E-state index >= 15 is 0 Å². The van der Waals surface area contributed by atoms with Gasteiger partial charge < -0.3 is 15.5 Å². The fourth-order valence-electron chi connectivity index (χ4n) is 2.04. The van der Waals surface area contributed by atoms with E-state index in [1.807, 2.05) is 13.0 Å². The predicted molar refractivity (Wildman–Crippen MR) is 59.9 cm³/mol. The Morgan fingerprint density at radius 3 is 3.12 bits per heavy atom. The topological polar surface area (TPSA) is 76.8 Å². The fourth-order valence-corrected chi connectivity index (χ4v) is 2.04. The SMILES string of the molecule is Cc1ccnc2nc(C3(N)CCOC3)[nH]c12. The molecule has 5 nitrogen and oxygen atoms in total. The molecule has 5 heteroatoms. The molecule has 0 saturated carbocycles. The molecule has 1 unspecified atom stereocenters. The molecule has 0 spiro atoms. The number of nitrogens with zero attached hydrogens (tertiary/aromatic N) is 2. The molecule has 2 aromatic heterocycles. The molecule has 1 atom stereocenters. The van der Waals surface area contributed by atoms with Crippen LogP contribution in [0.25, 0.3) is 11.2 Å². The van der Waals surface area contributed by atoms with Crippen molar-refractivity contribution in [3.8, 4) is 0 Å². The summed E-state index contributed by atoms with van der Waals surface area (Å²) in [7, 11) is 0. The van der Waals surface area contributed by atoms with Crippen LogP contribution in [0, 0.1) is 6.92 Å². The highest BCUT2D eigenvalue weighted by molar-refractivity contribution is 5.74. The Morgan fingerprint density at radius 2 is 2.44 bits per heavy atom. The molecule has 0 amide bonds. The van der Waals surface area contributed by atoms with Crippen molar-refractivity contribution in [1.29, 1.82) is 0 Å². The molecule has 84 valence electrons. The summed E-state index contributed by atoms with van der Waals surface area (Å²) < 4.78 is 5.34. The molecule has 1 aliphatic rings. The first-order valence-corrected chi connectivity index (χ1v) is 5.37. The summed E-state index contributed by atoms with van der Waals surface area (Å²) in [6, 6.07) is 1.96. The number of pyridine rings is 1. The first-order chi connectivity index (χ1) is 7.69. The van der Waals surface area contributed by atoms with Gasteiger partial charge in [-0.05, 0) is 25.0 Å². The van der Waals surface area contributed by atoms with E-state index < -0.39 is 5.54 Å². The van der Waals surface area contributed by atoms with Crippen LogP contribution in [-0.2, 0) is 10.3 Å². The van der Waals surface area contributed by atoms with Crippen LogP contribution in [0.2, 0.25) is 0 Å². The van der Waals surface area contributed by atoms with Gasteiger partial charge in [-0.15, -0.1) is 0 Å². The average Bonchev–Trinajstić information content (AvgIpc) is 2.85. The lowest BCUT2D eigenvalue weighted by molar-refractivity contribution is 0.176. The van der Waals surface area contributed by atoms with Gasteiger partial charge in [-0.1, -0.05) is 0 Å². The summed E-state index contributed by atoms with van der Waals surface area (Å²) in [6.45, 7) is 3.24. The number of imidazole rings is 1. The largest absolute Gasteiger partial charge is 0.379 e. The van der Waals surface area contributed by atoms with E-state index in [9.17, 15) is 0 Å². The number of hydrogen-bond acceptors (Lipinski definition) is 4. The van der Waals surface area contributed by atoms with Crippen molar-refractivity contribution >= 4 is 11.2 Å². The van der Waals surface area contributed by atoms with E-state index in [4.69, 9.17) is 10.5 Å². The van der Waals surface area contributed by atoms with Crippen molar-refractivity contribution < 1.29 is 4.74 Å². The van der Waals surface area contributed by atoms with Gasteiger partial charge in [0.1, 0.15) is 11.4 Å². The van der Waals surface area contributed by atoms with E-state index in [-0.39, 0.29) is 0 Å². The molecule has 1 fully saturated rings. The summed E-state index contributed by atoms with van der Waals surface area (Å²) in [5, 5.41) is 0. The Balaban J connectivity index is 2.15. The summed E-state index contributed by atoms with van der Waals surface area (Å²) in [5.74, 6) is 0.779. The van der Waals surface area contributed by atoms with Crippen molar-refractivity contribution in [3.05, 3.63) is 23.7 Å². The number of fused-ring (bicyclic) bond motifs is 1. The maximum atomic E-state index is 6.25. The third-order valence-electron chi connectivity index (χ3n) is 3.12. The molecule has 0 aromatic carbocycles. The quantitative estimate of drug-likeness (QED) is 0.743. The Morgan fingerprint density at radius 1 is 1.56 bits per heavy atom. The van der Waals surface area contributed by atoms with Crippen molar-refractivity contribution in [2.24, 2.45) is 5.73 Å². The minimum absolute atomic E-state index is 0.479. The zero-order valence-electron chi connectivity index (χ0n) is 9.16. The maximum Gasteiger partial charge on any atom is 0.178 e. The van der Waals surface area contributed by atoms with E-state index in [0.29, 0.717) is 13.2 Å². The molecule has 0 radical (unpaired) electrons. The van der Waals surface area contributed by atoms with Crippen LogP contribution in [-0.4, -0.2) is 28.2 Å². The number of ether oxygens (including phenoxy) is 1. The van der Waals surface area contributed by atoms with E-state index in [1.54, 1.807) is 6.20 Å². The second-order valence-electron chi connectivity index (χ2n) is 4.37. The number of nitrogens with one attached hydrogen (secondary N) is 1. The molecule has 1 saturated heterocycles. The predicted octanol–water partition coefficient (Wildman–Crippen LogP) is 0.841. The zero-order chi connectivity index (χ0) is 11.2. The third-order valence-corrected chi connectivity index (χ3v) is 3.12. The summed E-state index contributed by atoms with van der Waals surface area (Å²) in [6.07, 6.45) is 2.56. The lowest BCUT2D eigenvalue weighted by atomic mass is 10.00. The standard InChI is InChI=1S/C11H14N4O/c1-7-2-4-13-9-8(7)14-10(15-9)11(12)3-5-16-6-11/h2,4H,3,5-6,12H2,1H3,(H,13,14,15). The van der Waals surface area contributed by atoms with Gasteiger partial charge in [0, 0.05) is 12.8 Å². The summed E-state index contributed by atoms with van der Waals surface area (Å²) in [4.78, 5) is 11.9. The molecular formula is C11H14N4O. The lowest BCUT2D eigenvalue weighted by Crippen LogP contribution is -2.38. The number of aryl methyl sites for hydroxylation is 1. The van der Waals surface area contributed by atoms with E-state index in [0.717, 1.165) is 29.0 Å². The van der Waals surface area contributed by atoms with Gasteiger partial charge in [-0.2, -0.15) is 0 Å². The summed E-state index contributed by atoms with van der Waals surface area (Å²) >= 11 is 0. The monoisotopic (exact) mass is 218 g/mol. The molecule has 0 aliphatic carbocycles. The first kappa shape index (κ1) is 9.74. The first-order valence-electron chi connectivity index (χ1n) is 5.37. The van der Waals surface area contributed by atoms with Gasteiger partial charge in [0.05, 0.1) is 12.1 Å². The van der Waals surface area contributed by atoms with Crippen LogP contribution in [0.15, 0.2) is 12.3 Å². The van der Waals surface area contributed by atoms with Crippen LogP contribution in [0.4, 0.5) is 0 Å². The van der Waals surface area contributed by atoms with Crippen molar-refractivity contribution in [3.63, 3.8) is 0 Å². The van der Waals surface area contributed by atoms with E-state index in [2.05, 4.69) is 15.0 Å². The number of aromatic nitrogens is 3. The van der Waals surface area contributed by atoms with Gasteiger partial charge in [0.2, 0.25) is 0 Å². The van der Waals surface area contributed by atoms with Crippen molar-refractivity contribution in [2.45, 2.75) is 18.9 Å². The highest BCUT2D eigenvalue weighted by atomic mass is 16.5.